The number of nitrogens with one attached hydrogen (secondary N) is 1. The molecule has 1 amide bonds. The molecule has 0 aliphatic rings. The first-order valence-electron chi connectivity index (χ1n) is 7.28. The number of benzene rings is 1. The Balaban J connectivity index is 2.87. The van der Waals surface area contributed by atoms with E-state index in [4.69, 9.17) is 5.11 Å². The van der Waals surface area contributed by atoms with Gasteiger partial charge in [-0.05, 0) is 32.4 Å². The summed E-state index contributed by atoms with van der Waals surface area (Å²) in [5.74, 6) is -0.948. The molecule has 5 heteroatoms. The zero-order chi connectivity index (χ0) is 15.8. The number of amides is 1. The smallest absolute Gasteiger partial charge is 0.305 e. The van der Waals surface area contributed by atoms with Crippen LogP contribution in [0.3, 0.4) is 0 Å². The normalized spacial score (nSPS) is 11.8. The van der Waals surface area contributed by atoms with Crippen LogP contribution >= 0.6 is 0 Å². The van der Waals surface area contributed by atoms with Crippen molar-refractivity contribution in [3.05, 3.63) is 29.8 Å². The van der Waals surface area contributed by atoms with Gasteiger partial charge in [-0.2, -0.15) is 0 Å². The zero-order valence-electron chi connectivity index (χ0n) is 12.9. The maximum absolute atomic E-state index is 12.1. The average Bonchev–Trinajstić information content (AvgIpc) is 2.46. The highest BCUT2D eigenvalue weighted by Crippen LogP contribution is 2.18. The molecular weight excluding hydrogens is 268 g/mol. The molecule has 0 radical (unpaired) electrons. The van der Waals surface area contributed by atoms with Crippen molar-refractivity contribution in [1.29, 1.82) is 0 Å². The van der Waals surface area contributed by atoms with Gasteiger partial charge in [-0.1, -0.05) is 24.6 Å². The van der Waals surface area contributed by atoms with E-state index < -0.39 is 12.0 Å². The number of hydrogen-bond acceptors (Lipinski definition) is 3. The average molecular weight is 292 g/mol. The van der Waals surface area contributed by atoms with Crippen LogP contribution in [-0.4, -0.2) is 36.1 Å². The maximum atomic E-state index is 12.1. The third-order valence-electron chi connectivity index (χ3n) is 3.33. The maximum Gasteiger partial charge on any atom is 0.305 e. The van der Waals surface area contributed by atoms with E-state index in [9.17, 15) is 9.59 Å². The predicted molar refractivity (Wildman–Crippen MR) is 83.5 cm³/mol. The van der Waals surface area contributed by atoms with E-state index in [1.807, 2.05) is 43.0 Å². The zero-order valence-corrected chi connectivity index (χ0v) is 12.9. The van der Waals surface area contributed by atoms with Gasteiger partial charge in [-0.25, -0.2) is 0 Å². The fourth-order valence-electron chi connectivity index (χ4n) is 2.04. The quantitative estimate of drug-likeness (QED) is 0.770. The number of carboxylic acids is 1. The lowest BCUT2D eigenvalue weighted by Gasteiger charge is -2.30. The summed E-state index contributed by atoms with van der Waals surface area (Å²) in [7, 11) is 0. The summed E-state index contributed by atoms with van der Waals surface area (Å²) >= 11 is 0. The van der Waals surface area contributed by atoms with E-state index in [0.717, 1.165) is 17.7 Å². The lowest BCUT2D eigenvalue weighted by Crippen LogP contribution is -2.46. The molecule has 0 aromatic heterocycles. The molecule has 0 fully saturated rings. The largest absolute Gasteiger partial charge is 0.481 e. The van der Waals surface area contributed by atoms with Crippen molar-refractivity contribution in [1.82, 2.24) is 5.32 Å². The summed E-state index contributed by atoms with van der Waals surface area (Å²) in [5.41, 5.74) is 1.99. The van der Waals surface area contributed by atoms with Gasteiger partial charge < -0.3 is 15.3 Å². The predicted octanol–water partition coefficient (Wildman–Crippen LogP) is 2.19. The fourth-order valence-corrected chi connectivity index (χ4v) is 2.04. The number of anilines is 1. The number of carbonyl (C=O) groups excluding carboxylic acids is 1. The lowest BCUT2D eigenvalue weighted by molar-refractivity contribution is -0.137. The standard InChI is InChI=1S/C16H24N2O3/c1-4-10-17-16(21)13(3)18(11-9-15(19)20)14-7-5-12(2)6-8-14/h5-8,13H,4,9-11H2,1-3H3,(H,17,21)(H,19,20). The van der Waals surface area contributed by atoms with E-state index in [1.54, 1.807) is 6.92 Å². The van der Waals surface area contributed by atoms with Crippen LogP contribution in [0.2, 0.25) is 0 Å². The topological polar surface area (TPSA) is 69.6 Å². The van der Waals surface area contributed by atoms with E-state index >= 15 is 0 Å². The van der Waals surface area contributed by atoms with Crippen LogP contribution < -0.4 is 10.2 Å². The molecule has 1 aromatic carbocycles. The van der Waals surface area contributed by atoms with Gasteiger partial charge in [0.25, 0.3) is 0 Å². The Hall–Kier alpha value is -2.04. The van der Waals surface area contributed by atoms with Gasteiger partial charge in [0.05, 0.1) is 6.42 Å². The summed E-state index contributed by atoms with van der Waals surface area (Å²) in [5, 5.41) is 11.7. The van der Waals surface area contributed by atoms with E-state index in [2.05, 4.69) is 5.32 Å². The highest BCUT2D eigenvalue weighted by atomic mass is 16.4. The van der Waals surface area contributed by atoms with E-state index in [1.165, 1.54) is 0 Å². The van der Waals surface area contributed by atoms with E-state index in [-0.39, 0.29) is 12.3 Å². The molecule has 116 valence electrons. The number of carbonyl (C=O) groups is 2. The Labute approximate surface area is 126 Å². The number of aliphatic carboxylic acids is 1. The summed E-state index contributed by atoms with van der Waals surface area (Å²) in [6, 6.07) is 7.35. The number of nitrogens with zero attached hydrogens (tertiary/aromatic N) is 1. The molecule has 0 aliphatic heterocycles. The second kappa shape index (κ2) is 8.29. The second-order valence-electron chi connectivity index (χ2n) is 5.14. The van der Waals surface area contributed by atoms with Crippen molar-refractivity contribution in [3.63, 3.8) is 0 Å². The Morgan fingerprint density at radius 1 is 1.29 bits per heavy atom. The fraction of sp³-hybridized carbons (Fsp3) is 0.500. The SMILES string of the molecule is CCCNC(=O)C(C)N(CCC(=O)O)c1ccc(C)cc1. The highest BCUT2D eigenvalue weighted by Gasteiger charge is 2.21. The first-order valence-corrected chi connectivity index (χ1v) is 7.28. The van der Waals surface area contributed by atoms with Gasteiger partial charge in [-0.15, -0.1) is 0 Å². The molecule has 0 aliphatic carbocycles. The van der Waals surface area contributed by atoms with Gasteiger partial charge in [0.1, 0.15) is 6.04 Å². The molecular formula is C16H24N2O3. The molecule has 21 heavy (non-hydrogen) atoms. The molecule has 1 rings (SSSR count). The molecule has 0 heterocycles. The molecule has 2 N–H and O–H groups in total. The van der Waals surface area contributed by atoms with Gasteiger partial charge in [-0.3, -0.25) is 9.59 Å². The Bertz CT molecular complexity index is 471. The molecule has 5 nitrogen and oxygen atoms in total. The number of rotatable bonds is 8. The van der Waals surface area contributed by atoms with Crippen LogP contribution in [0.4, 0.5) is 5.69 Å². The first kappa shape index (κ1) is 17.0. The summed E-state index contributed by atoms with van der Waals surface area (Å²) in [6.45, 7) is 6.71. The molecule has 0 saturated heterocycles. The summed E-state index contributed by atoms with van der Waals surface area (Å²) < 4.78 is 0. The second-order valence-corrected chi connectivity index (χ2v) is 5.14. The third-order valence-corrected chi connectivity index (χ3v) is 3.33. The molecule has 0 spiro atoms. The Kier molecular flexibility index (Phi) is 6.72. The monoisotopic (exact) mass is 292 g/mol. The highest BCUT2D eigenvalue weighted by molar-refractivity contribution is 5.85. The van der Waals surface area contributed by atoms with Crippen LogP contribution in [-0.2, 0) is 9.59 Å². The van der Waals surface area contributed by atoms with Crippen molar-refractivity contribution in [3.8, 4) is 0 Å². The van der Waals surface area contributed by atoms with Crippen LogP contribution in [0.15, 0.2) is 24.3 Å². The first-order chi connectivity index (χ1) is 9.95. The molecule has 0 bridgehead atoms. The lowest BCUT2D eigenvalue weighted by atomic mass is 10.1. The molecule has 1 aromatic rings. The number of carboxylic acid groups (broad SMARTS) is 1. The van der Waals surface area contributed by atoms with E-state index in [0.29, 0.717) is 13.1 Å². The molecule has 1 atom stereocenters. The Morgan fingerprint density at radius 2 is 1.90 bits per heavy atom. The van der Waals surface area contributed by atoms with Crippen molar-refractivity contribution < 1.29 is 14.7 Å². The van der Waals surface area contributed by atoms with Crippen molar-refractivity contribution in [2.45, 2.75) is 39.7 Å². The summed E-state index contributed by atoms with van der Waals surface area (Å²) in [6.07, 6.45) is 0.872. The minimum absolute atomic E-state index is 0.000720. The van der Waals surface area contributed by atoms with Gasteiger partial charge in [0, 0.05) is 18.8 Å². The minimum Gasteiger partial charge on any atom is -0.481 e. The van der Waals surface area contributed by atoms with Crippen LogP contribution in [0.5, 0.6) is 0 Å². The van der Waals surface area contributed by atoms with Crippen molar-refractivity contribution in [2.75, 3.05) is 18.0 Å². The van der Waals surface area contributed by atoms with Gasteiger partial charge in [0.15, 0.2) is 0 Å². The van der Waals surface area contributed by atoms with Crippen LogP contribution in [0, 0.1) is 6.92 Å². The number of aryl methyl sites for hydroxylation is 1. The van der Waals surface area contributed by atoms with Gasteiger partial charge >= 0.3 is 5.97 Å². The third kappa shape index (κ3) is 5.45. The van der Waals surface area contributed by atoms with Crippen molar-refractivity contribution in [2.24, 2.45) is 0 Å². The summed E-state index contributed by atoms with van der Waals surface area (Å²) in [4.78, 5) is 24.8. The molecule has 0 saturated carbocycles. The Morgan fingerprint density at radius 3 is 2.43 bits per heavy atom. The number of hydrogen-bond donors (Lipinski definition) is 2. The van der Waals surface area contributed by atoms with Crippen LogP contribution in [0.25, 0.3) is 0 Å². The van der Waals surface area contributed by atoms with Gasteiger partial charge in [0.2, 0.25) is 5.91 Å². The van der Waals surface area contributed by atoms with Crippen LogP contribution in [0.1, 0.15) is 32.3 Å². The molecule has 1 unspecified atom stereocenters. The minimum atomic E-state index is -0.867. The van der Waals surface area contributed by atoms with Crippen molar-refractivity contribution >= 4 is 17.6 Å².